The normalized spacial score (nSPS) is 10.7. The van der Waals surface area contributed by atoms with Crippen molar-refractivity contribution in [1.82, 2.24) is 5.32 Å². The van der Waals surface area contributed by atoms with Gasteiger partial charge < -0.3 is 15.2 Å². The van der Waals surface area contributed by atoms with Crippen molar-refractivity contribution in [3.63, 3.8) is 0 Å². The number of nitriles is 1. The number of unbranched alkanes of at least 4 members (excludes halogenated alkanes) is 2. The first-order valence-electron chi connectivity index (χ1n) is 7.32. The number of nitrogens with one attached hydrogen (secondary N) is 1. The molecular formula is C17H20N2O4. The number of phenols is 1. The van der Waals surface area contributed by atoms with Gasteiger partial charge in [-0.05, 0) is 36.6 Å². The van der Waals surface area contributed by atoms with E-state index in [1.165, 1.54) is 25.3 Å². The number of carbonyl (C=O) groups excluding carboxylic acids is 2. The summed E-state index contributed by atoms with van der Waals surface area (Å²) in [5.41, 5.74) is 0.555. The van der Waals surface area contributed by atoms with E-state index in [1.807, 2.05) is 6.07 Å². The summed E-state index contributed by atoms with van der Waals surface area (Å²) < 4.78 is 4.54. The Hall–Kier alpha value is -2.81. The molecule has 0 unspecified atom stereocenters. The van der Waals surface area contributed by atoms with Crippen LogP contribution in [0.25, 0.3) is 6.08 Å². The van der Waals surface area contributed by atoms with Crippen molar-refractivity contribution < 1.29 is 19.4 Å². The molecule has 1 rings (SSSR count). The standard InChI is InChI=1S/C17H20N2O4/c1-23-16(21)8-3-2-4-9-19-17(22)14(12-18)10-13-6-5-7-15(20)11-13/h5-7,10-11,20H,2-4,8-9H2,1H3,(H,19,22). The topological polar surface area (TPSA) is 99.4 Å². The molecule has 0 aliphatic rings. The zero-order valence-corrected chi connectivity index (χ0v) is 13.0. The number of benzene rings is 1. The molecule has 0 spiro atoms. The summed E-state index contributed by atoms with van der Waals surface area (Å²) in [5.74, 6) is -0.624. The number of rotatable bonds is 8. The van der Waals surface area contributed by atoms with Gasteiger partial charge in [-0.3, -0.25) is 9.59 Å². The first kappa shape index (κ1) is 18.2. The molecule has 0 aromatic heterocycles. The molecular weight excluding hydrogens is 296 g/mol. The van der Waals surface area contributed by atoms with Gasteiger partial charge in [-0.15, -0.1) is 0 Å². The highest BCUT2D eigenvalue weighted by Crippen LogP contribution is 2.14. The van der Waals surface area contributed by atoms with Crippen molar-refractivity contribution >= 4 is 18.0 Å². The third-order valence-corrected chi connectivity index (χ3v) is 3.12. The van der Waals surface area contributed by atoms with Gasteiger partial charge in [-0.1, -0.05) is 18.6 Å². The van der Waals surface area contributed by atoms with Crippen molar-refractivity contribution in [1.29, 1.82) is 5.26 Å². The zero-order chi connectivity index (χ0) is 17.1. The van der Waals surface area contributed by atoms with Gasteiger partial charge in [0.1, 0.15) is 17.4 Å². The van der Waals surface area contributed by atoms with Crippen LogP contribution in [0, 0.1) is 11.3 Å². The Morgan fingerprint density at radius 2 is 2.13 bits per heavy atom. The van der Waals surface area contributed by atoms with Crippen molar-refractivity contribution in [2.24, 2.45) is 0 Å². The van der Waals surface area contributed by atoms with E-state index in [4.69, 9.17) is 5.26 Å². The highest BCUT2D eigenvalue weighted by Gasteiger charge is 2.08. The maximum Gasteiger partial charge on any atom is 0.305 e. The summed E-state index contributed by atoms with van der Waals surface area (Å²) in [7, 11) is 1.35. The quantitative estimate of drug-likeness (QED) is 0.331. The number of esters is 1. The van der Waals surface area contributed by atoms with E-state index in [-0.39, 0.29) is 17.3 Å². The van der Waals surface area contributed by atoms with Crippen LogP contribution in [0.5, 0.6) is 5.75 Å². The molecule has 1 amide bonds. The van der Waals surface area contributed by atoms with Gasteiger partial charge in [0.25, 0.3) is 5.91 Å². The number of phenolic OH excluding ortho intramolecular Hbond substituents is 1. The van der Waals surface area contributed by atoms with Gasteiger partial charge in [-0.25, -0.2) is 0 Å². The van der Waals surface area contributed by atoms with Gasteiger partial charge in [0.2, 0.25) is 0 Å². The smallest absolute Gasteiger partial charge is 0.305 e. The van der Waals surface area contributed by atoms with Gasteiger partial charge in [-0.2, -0.15) is 5.26 Å². The molecule has 0 bridgehead atoms. The maximum absolute atomic E-state index is 11.9. The van der Waals surface area contributed by atoms with E-state index in [0.29, 0.717) is 31.4 Å². The molecule has 0 aliphatic carbocycles. The van der Waals surface area contributed by atoms with E-state index < -0.39 is 5.91 Å². The van der Waals surface area contributed by atoms with Crippen LogP contribution in [0.3, 0.4) is 0 Å². The molecule has 0 radical (unpaired) electrons. The molecule has 122 valence electrons. The number of amides is 1. The van der Waals surface area contributed by atoms with E-state index in [9.17, 15) is 14.7 Å². The molecule has 0 fully saturated rings. The number of carbonyl (C=O) groups is 2. The lowest BCUT2D eigenvalue weighted by Crippen LogP contribution is -2.25. The first-order valence-corrected chi connectivity index (χ1v) is 7.32. The highest BCUT2D eigenvalue weighted by molar-refractivity contribution is 6.01. The van der Waals surface area contributed by atoms with Gasteiger partial charge in [0.05, 0.1) is 7.11 Å². The SMILES string of the molecule is COC(=O)CCCCCNC(=O)C(C#N)=Cc1cccc(O)c1. The van der Waals surface area contributed by atoms with Crippen LogP contribution >= 0.6 is 0 Å². The van der Waals surface area contributed by atoms with Crippen molar-refractivity contribution in [3.8, 4) is 11.8 Å². The summed E-state index contributed by atoms with van der Waals surface area (Å²) in [6.07, 6.45) is 3.99. The number of methoxy groups -OCH3 is 1. The number of aromatic hydroxyl groups is 1. The first-order chi connectivity index (χ1) is 11.1. The number of nitrogens with zero attached hydrogens (tertiary/aromatic N) is 1. The molecule has 6 heteroatoms. The third-order valence-electron chi connectivity index (χ3n) is 3.12. The molecule has 23 heavy (non-hydrogen) atoms. The molecule has 0 heterocycles. The van der Waals surface area contributed by atoms with Crippen LogP contribution in [-0.2, 0) is 14.3 Å². The van der Waals surface area contributed by atoms with Crippen LogP contribution in [0.2, 0.25) is 0 Å². The van der Waals surface area contributed by atoms with Crippen molar-refractivity contribution in [2.75, 3.05) is 13.7 Å². The lowest BCUT2D eigenvalue weighted by molar-refractivity contribution is -0.140. The Morgan fingerprint density at radius 1 is 1.35 bits per heavy atom. The average molecular weight is 316 g/mol. The monoisotopic (exact) mass is 316 g/mol. The van der Waals surface area contributed by atoms with Gasteiger partial charge in [0.15, 0.2) is 0 Å². The lowest BCUT2D eigenvalue weighted by atomic mass is 10.1. The second kappa shape index (κ2) is 10.0. The van der Waals surface area contributed by atoms with Crippen LogP contribution in [0.4, 0.5) is 0 Å². The van der Waals surface area contributed by atoms with Crippen LogP contribution in [0.15, 0.2) is 29.8 Å². The highest BCUT2D eigenvalue weighted by atomic mass is 16.5. The molecule has 1 aromatic carbocycles. The van der Waals surface area contributed by atoms with Crippen LogP contribution in [-0.4, -0.2) is 30.6 Å². The summed E-state index contributed by atoms with van der Waals surface area (Å²) in [4.78, 5) is 22.8. The van der Waals surface area contributed by atoms with Gasteiger partial charge >= 0.3 is 5.97 Å². The fourth-order valence-electron chi connectivity index (χ4n) is 1.90. The van der Waals surface area contributed by atoms with Crippen LogP contribution < -0.4 is 5.32 Å². The fourth-order valence-corrected chi connectivity index (χ4v) is 1.90. The molecule has 0 aliphatic heterocycles. The molecule has 0 saturated heterocycles. The molecule has 0 atom stereocenters. The molecule has 0 saturated carbocycles. The molecule has 6 nitrogen and oxygen atoms in total. The lowest BCUT2D eigenvalue weighted by Gasteiger charge is -2.04. The Bertz CT molecular complexity index is 617. The Kier molecular flexibility index (Phi) is 7.94. The molecule has 1 aromatic rings. The predicted octanol–water partition coefficient (Wildman–Crippen LogP) is 2.15. The minimum absolute atomic E-state index is 0.0230. The van der Waals surface area contributed by atoms with E-state index in [0.717, 1.165) is 6.42 Å². The second-order valence-corrected chi connectivity index (χ2v) is 4.91. The summed E-state index contributed by atoms with van der Waals surface area (Å²) in [6.45, 7) is 0.430. The van der Waals surface area contributed by atoms with Crippen LogP contribution in [0.1, 0.15) is 31.2 Å². The maximum atomic E-state index is 11.9. The minimum Gasteiger partial charge on any atom is -0.508 e. The summed E-state index contributed by atoms with van der Waals surface area (Å²) in [5, 5.41) is 21.1. The molecule has 2 N–H and O–H groups in total. The summed E-state index contributed by atoms with van der Waals surface area (Å²) >= 11 is 0. The van der Waals surface area contributed by atoms with Crippen molar-refractivity contribution in [3.05, 3.63) is 35.4 Å². The second-order valence-electron chi connectivity index (χ2n) is 4.91. The summed E-state index contributed by atoms with van der Waals surface area (Å²) in [6, 6.07) is 8.16. The third kappa shape index (κ3) is 7.14. The van der Waals surface area contributed by atoms with Crippen molar-refractivity contribution in [2.45, 2.75) is 25.7 Å². The number of hydrogen-bond acceptors (Lipinski definition) is 5. The Labute approximate surface area is 135 Å². The van der Waals surface area contributed by atoms with E-state index in [1.54, 1.807) is 12.1 Å². The number of hydrogen-bond donors (Lipinski definition) is 2. The predicted molar refractivity (Wildman–Crippen MR) is 85.2 cm³/mol. The Morgan fingerprint density at radius 3 is 2.78 bits per heavy atom. The minimum atomic E-state index is -0.455. The zero-order valence-electron chi connectivity index (χ0n) is 13.0. The number of ether oxygens (including phenoxy) is 1. The average Bonchev–Trinajstić information content (AvgIpc) is 2.55. The van der Waals surface area contributed by atoms with Gasteiger partial charge in [0, 0.05) is 13.0 Å². The van der Waals surface area contributed by atoms with E-state index in [2.05, 4.69) is 10.1 Å². The largest absolute Gasteiger partial charge is 0.508 e. The fraction of sp³-hybridized carbons (Fsp3) is 0.353. The van der Waals surface area contributed by atoms with E-state index >= 15 is 0 Å². The Balaban J connectivity index is 2.40.